The number of hydrogen-bond donors (Lipinski definition) is 3. The van der Waals surface area contributed by atoms with Crippen LogP contribution < -0.4 is 10.6 Å². The fraction of sp³-hybridized carbons (Fsp3) is 0.357. The summed E-state index contributed by atoms with van der Waals surface area (Å²) in [5, 5.41) is 17.8. The molecule has 0 bridgehead atoms. The number of benzene rings is 3. The van der Waals surface area contributed by atoms with Gasteiger partial charge < -0.3 is 15.7 Å². The highest BCUT2D eigenvalue weighted by atomic mass is 35.5. The maximum atomic E-state index is 12.6. The summed E-state index contributed by atoms with van der Waals surface area (Å²) in [6.45, 7) is 8.20. The van der Waals surface area contributed by atoms with Gasteiger partial charge in [0.05, 0.1) is 5.41 Å². The highest BCUT2D eigenvalue weighted by Gasteiger charge is 2.31. The summed E-state index contributed by atoms with van der Waals surface area (Å²) in [7, 11) is 0. The molecule has 5 nitrogen and oxygen atoms in total. The van der Waals surface area contributed by atoms with Gasteiger partial charge >= 0.3 is 5.97 Å². The number of aryl methyl sites for hydroxylation is 1. The van der Waals surface area contributed by atoms with Crippen LogP contribution in [0.5, 0.6) is 0 Å². The molecule has 2 atom stereocenters. The number of aliphatic carboxylic acids is 1. The lowest BCUT2D eigenvalue weighted by atomic mass is 9.83. The van der Waals surface area contributed by atoms with E-state index in [4.69, 9.17) is 5.11 Å². The molecule has 182 valence electrons. The minimum absolute atomic E-state index is 0. The molecule has 3 aromatic rings. The molecular formula is C28H35ClN2O3. The lowest BCUT2D eigenvalue weighted by molar-refractivity contribution is -0.142. The Balaban J connectivity index is 0.00000408. The molecule has 3 N–H and O–H groups in total. The number of hydrogen-bond acceptors (Lipinski definition) is 3. The fourth-order valence-electron chi connectivity index (χ4n) is 4.01. The Morgan fingerprint density at radius 2 is 1.59 bits per heavy atom. The molecule has 0 aliphatic rings. The van der Waals surface area contributed by atoms with Crippen LogP contribution in [0.4, 0.5) is 0 Å². The number of nitrogens with one attached hydrogen (secondary N) is 2. The van der Waals surface area contributed by atoms with E-state index < -0.39 is 17.4 Å². The topological polar surface area (TPSA) is 78.4 Å². The van der Waals surface area contributed by atoms with Crippen LogP contribution in [0, 0.1) is 0 Å². The van der Waals surface area contributed by atoms with Crippen LogP contribution >= 0.6 is 12.4 Å². The predicted octanol–water partition coefficient (Wildman–Crippen LogP) is 5.41. The second-order valence-electron chi connectivity index (χ2n) is 9.20. The quantitative estimate of drug-likeness (QED) is 0.337. The summed E-state index contributed by atoms with van der Waals surface area (Å²) in [4.78, 5) is 23.6. The van der Waals surface area contributed by atoms with Gasteiger partial charge in [-0.2, -0.15) is 0 Å². The molecule has 0 fully saturated rings. The summed E-state index contributed by atoms with van der Waals surface area (Å²) in [5.74, 6) is -1.34. The first-order chi connectivity index (χ1) is 15.7. The Morgan fingerprint density at radius 1 is 0.941 bits per heavy atom. The van der Waals surface area contributed by atoms with Crippen molar-refractivity contribution >= 4 is 35.1 Å². The molecule has 3 aromatic carbocycles. The zero-order valence-corrected chi connectivity index (χ0v) is 21.1. The molecule has 2 unspecified atom stereocenters. The molecule has 6 heteroatoms. The zero-order chi connectivity index (χ0) is 24.0. The number of halogens is 1. The second kappa shape index (κ2) is 12.0. The van der Waals surface area contributed by atoms with Crippen molar-refractivity contribution in [1.29, 1.82) is 0 Å². The summed E-state index contributed by atoms with van der Waals surface area (Å²) in [5.41, 5.74) is 2.59. The minimum atomic E-state index is -1.04. The molecule has 0 saturated heterocycles. The van der Waals surface area contributed by atoms with Crippen LogP contribution in [0.15, 0.2) is 66.7 Å². The van der Waals surface area contributed by atoms with Crippen molar-refractivity contribution in [2.24, 2.45) is 0 Å². The van der Waals surface area contributed by atoms with Gasteiger partial charge in [-0.05, 0) is 74.5 Å². The van der Waals surface area contributed by atoms with Gasteiger partial charge in [-0.3, -0.25) is 9.59 Å². The predicted molar refractivity (Wildman–Crippen MR) is 141 cm³/mol. The monoisotopic (exact) mass is 482 g/mol. The van der Waals surface area contributed by atoms with Crippen LogP contribution in [-0.4, -0.2) is 29.6 Å². The highest BCUT2D eigenvalue weighted by Crippen LogP contribution is 2.25. The van der Waals surface area contributed by atoms with Crippen LogP contribution in [0.3, 0.4) is 0 Å². The molecule has 34 heavy (non-hydrogen) atoms. The standard InChI is InChI=1S/C28H34N2O3.ClH/c1-19(24-13-7-11-22-10-5-6-12-25(22)24)29-18-8-9-21-14-16-23(17-15-21)28(3,4)27(33)30-20(2)26(31)32;/h5-7,10-17,19-20,29H,8-9,18H2,1-4H3,(H,30,33)(H,31,32);1H. The molecule has 0 heterocycles. The maximum absolute atomic E-state index is 12.6. The van der Waals surface area contributed by atoms with E-state index in [1.54, 1.807) is 0 Å². The van der Waals surface area contributed by atoms with Gasteiger partial charge in [0.15, 0.2) is 0 Å². The van der Waals surface area contributed by atoms with E-state index in [-0.39, 0.29) is 24.4 Å². The SMILES string of the molecule is CC(NC(=O)C(C)(C)c1ccc(CCCNC(C)c2cccc3ccccc23)cc1)C(=O)O.Cl. The average molecular weight is 483 g/mol. The van der Waals surface area contributed by atoms with Gasteiger partial charge in [0.1, 0.15) is 6.04 Å². The molecule has 0 aromatic heterocycles. The smallest absolute Gasteiger partial charge is 0.325 e. The van der Waals surface area contributed by atoms with E-state index in [0.717, 1.165) is 24.9 Å². The Labute approximate surface area is 208 Å². The molecular weight excluding hydrogens is 448 g/mol. The van der Waals surface area contributed by atoms with Crippen molar-refractivity contribution in [1.82, 2.24) is 10.6 Å². The Hall–Kier alpha value is -2.89. The molecule has 0 radical (unpaired) electrons. The molecule has 0 saturated carbocycles. The molecule has 3 rings (SSSR count). The van der Waals surface area contributed by atoms with Crippen LogP contribution in [0.25, 0.3) is 10.8 Å². The van der Waals surface area contributed by atoms with Crippen molar-refractivity contribution in [2.45, 2.75) is 58.0 Å². The number of carbonyl (C=O) groups is 2. The first-order valence-corrected chi connectivity index (χ1v) is 11.5. The van der Waals surface area contributed by atoms with Crippen molar-refractivity contribution in [3.63, 3.8) is 0 Å². The fourth-order valence-corrected chi connectivity index (χ4v) is 4.01. The van der Waals surface area contributed by atoms with Crippen LogP contribution in [-0.2, 0) is 21.4 Å². The maximum Gasteiger partial charge on any atom is 0.325 e. The number of carbonyl (C=O) groups excluding carboxylic acids is 1. The first-order valence-electron chi connectivity index (χ1n) is 11.5. The highest BCUT2D eigenvalue weighted by molar-refractivity contribution is 5.90. The van der Waals surface area contributed by atoms with Crippen molar-refractivity contribution in [3.8, 4) is 0 Å². The molecule has 1 amide bonds. The molecule has 0 aliphatic carbocycles. The van der Waals surface area contributed by atoms with E-state index in [1.165, 1.54) is 28.8 Å². The van der Waals surface area contributed by atoms with Gasteiger partial charge in [-0.15, -0.1) is 12.4 Å². The third kappa shape index (κ3) is 6.58. The lowest BCUT2D eigenvalue weighted by Gasteiger charge is -2.25. The Morgan fingerprint density at radius 3 is 2.26 bits per heavy atom. The number of amides is 1. The summed E-state index contributed by atoms with van der Waals surface area (Å²) >= 11 is 0. The lowest BCUT2D eigenvalue weighted by Crippen LogP contribution is -2.47. The van der Waals surface area contributed by atoms with Gasteiger partial charge in [0.25, 0.3) is 0 Å². The number of carboxylic acids is 1. The molecule has 0 aliphatic heterocycles. The summed E-state index contributed by atoms with van der Waals surface area (Å²) in [6, 6.07) is 22.3. The largest absolute Gasteiger partial charge is 0.480 e. The summed E-state index contributed by atoms with van der Waals surface area (Å²) < 4.78 is 0. The van der Waals surface area contributed by atoms with E-state index in [1.807, 2.05) is 26.0 Å². The van der Waals surface area contributed by atoms with Crippen molar-refractivity contribution < 1.29 is 14.7 Å². The van der Waals surface area contributed by atoms with Crippen LogP contribution in [0.2, 0.25) is 0 Å². The normalized spacial score (nSPS) is 13.1. The molecule has 0 spiro atoms. The van der Waals surface area contributed by atoms with E-state index in [0.29, 0.717) is 0 Å². The third-order valence-electron chi connectivity index (χ3n) is 6.34. The van der Waals surface area contributed by atoms with E-state index >= 15 is 0 Å². The van der Waals surface area contributed by atoms with Crippen LogP contribution in [0.1, 0.15) is 56.8 Å². The number of fused-ring (bicyclic) bond motifs is 1. The van der Waals surface area contributed by atoms with Gasteiger partial charge in [0.2, 0.25) is 5.91 Å². The second-order valence-corrected chi connectivity index (χ2v) is 9.20. The summed E-state index contributed by atoms with van der Waals surface area (Å²) in [6.07, 6.45) is 1.95. The minimum Gasteiger partial charge on any atom is -0.480 e. The van der Waals surface area contributed by atoms with E-state index in [9.17, 15) is 9.59 Å². The average Bonchev–Trinajstić information content (AvgIpc) is 2.81. The number of rotatable bonds is 10. The zero-order valence-electron chi connectivity index (χ0n) is 20.3. The van der Waals surface area contributed by atoms with Gasteiger partial charge in [0, 0.05) is 6.04 Å². The third-order valence-corrected chi connectivity index (χ3v) is 6.34. The number of carboxylic acid groups (broad SMARTS) is 1. The first kappa shape index (κ1) is 27.4. The Kier molecular flexibility index (Phi) is 9.66. The van der Waals surface area contributed by atoms with Gasteiger partial charge in [-0.25, -0.2) is 0 Å². The van der Waals surface area contributed by atoms with Crippen molar-refractivity contribution in [3.05, 3.63) is 83.4 Å². The Bertz CT molecular complexity index is 1110. The van der Waals surface area contributed by atoms with E-state index in [2.05, 4.69) is 72.2 Å². The van der Waals surface area contributed by atoms with Gasteiger partial charge in [-0.1, -0.05) is 66.7 Å². The van der Waals surface area contributed by atoms with Crippen molar-refractivity contribution in [2.75, 3.05) is 6.54 Å².